The number of carbonyl (C=O) groups excluding carboxylic acids is 1. The van der Waals surface area contributed by atoms with Crippen LogP contribution in [0.4, 0.5) is 10.5 Å². The van der Waals surface area contributed by atoms with E-state index >= 15 is 0 Å². The van der Waals surface area contributed by atoms with Crippen LogP contribution in [0.2, 0.25) is 5.02 Å². The monoisotopic (exact) mass is 345 g/mol. The van der Waals surface area contributed by atoms with Gasteiger partial charge >= 0.3 is 6.09 Å². The molecule has 0 saturated heterocycles. The number of rotatable bonds is 4. The van der Waals surface area contributed by atoms with Crippen molar-refractivity contribution >= 4 is 35.1 Å². The van der Waals surface area contributed by atoms with Gasteiger partial charge in [0.1, 0.15) is 0 Å². The molecule has 23 heavy (non-hydrogen) atoms. The van der Waals surface area contributed by atoms with E-state index in [4.69, 9.17) is 16.3 Å². The Kier molecular flexibility index (Phi) is 4.37. The van der Waals surface area contributed by atoms with Crippen molar-refractivity contribution in [1.29, 1.82) is 0 Å². The second-order valence-electron chi connectivity index (χ2n) is 5.29. The Morgan fingerprint density at radius 3 is 2.74 bits per heavy atom. The summed E-state index contributed by atoms with van der Waals surface area (Å²) in [4.78, 5) is 11.2. The molecule has 1 amide bonds. The van der Waals surface area contributed by atoms with Gasteiger partial charge < -0.3 is 4.74 Å². The molecule has 2 aromatic rings. The van der Waals surface area contributed by atoms with E-state index in [1.54, 1.807) is 18.2 Å². The lowest BCUT2D eigenvalue weighted by molar-refractivity contribution is 0.107. The number of hydrogen-bond donors (Lipinski definition) is 1. The smallest absolute Gasteiger partial charge is 0.413 e. The average molecular weight is 346 g/mol. The van der Waals surface area contributed by atoms with Crippen molar-refractivity contribution in [2.45, 2.75) is 11.9 Å². The maximum Gasteiger partial charge on any atom is 0.413 e. The summed E-state index contributed by atoms with van der Waals surface area (Å²) >= 11 is 7.53. The number of amides is 1. The van der Waals surface area contributed by atoms with Crippen LogP contribution in [0.3, 0.4) is 0 Å². The summed E-state index contributed by atoms with van der Waals surface area (Å²) in [6.07, 6.45) is 1.33. The lowest BCUT2D eigenvalue weighted by atomic mass is 9.96. The number of halogens is 1. The molecule has 1 unspecified atom stereocenters. The van der Waals surface area contributed by atoms with E-state index in [-0.39, 0.29) is 0 Å². The number of hydrogen-bond acceptors (Lipinski definition) is 3. The first kappa shape index (κ1) is 16.0. The van der Waals surface area contributed by atoms with Crippen LogP contribution in [0.15, 0.2) is 55.1 Å². The molecular weight excluding hydrogens is 330 g/mol. The van der Waals surface area contributed by atoms with Gasteiger partial charge in [0.05, 0.1) is 5.69 Å². The Balaban J connectivity index is 2.23. The molecule has 0 radical (unpaired) electrons. The van der Waals surface area contributed by atoms with E-state index in [1.807, 2.05) is 37.3 Å². The molecule has 3 nitrogen and oxygen atoms in total. The SMILES string of the molecule is C=CCSC1(c2ccc(Cl)cc2)OC(=O)Nc2ccc(C)cc21. The number of benzene rings is 2. The summed E-state index contributed by atoms with van der Waals surface area (Å²) in [6, 6.07) is 13.3. The standard InChI is InChI=1S/C18H16ClNO2S/c1-3-10-23-18(13-5-7-14(19)8-6-13)15-11-12(2)4-9-16(15)20-17(21)22-18/h3-9,11H,1,10H2,2H3,(H,20,21). The number of ether oxygens (including phenoxy) is 1. The Labute approximate surface area is 144 Å². The minimum Gasteiger partial charge on any atom is -0.423 e. The highest BCUT2D eigenvalue weighted by atomic mass is 35.5. The second kappa shape index (κ2) is 6.30. The molecule has 1 N–H and O–H groups in total. The van der Waals surface area contributed by atoms with Crippen LogP contribution in [0.1, 0.15) is 16.7 Å². The highest BCUT2D eigenvalue weighted by molar-refractivity contribution is 8.00. The highest BCUT2D eigenvalue weighted by Gasteiger charge is 2.44. The topological polar surface area (TPSA) is 38.3 Å². The zero-order chi connectivity index (χ0) is 16.4. The van der Waals surface area contributed by atoms with Crippen LogP contribution in [0.25, 0.3) is 0 Å². The van der Waals surface area contributed by atoms with E-state index in [1.165, 1.54) is 11.8 Å². The molecule has 3 rings (SSSR count). The Hall–Kier alpha value is -1.91. The van der Waals surface area contributed by atoms with Gasteiger partial charge in [0.25, 0.3) is 0 Å². The first-order valence-electron chi connectivity index (χ1n) is 7.17. The van der Waals surface area contributed by atoms with Gasteiger partial charge in [0.2, 0.25) is 4.93 Å². The number of fused-ring (bicyclic) bond motifs is 1. The fourth-order valence-electron chi connectivity index (χ4n) is 2.61. The number of cyclic esters (lactones) is 1. The molecule has 118 valence electrons. The fourth-order valence-corrected chi connectivity index (χ4v) is 3.85. The number of thioether (sulfide) groups is 1. The van der Waals surface area contributed by atoms with Crippen LogP contribution in [-0.4, -0.2) is 11.8 Å². The lowest BCUT2D eigenvalue weighted by Crippen LogP contribution is -2.38. The van der Waals surface area contributed by atoms with E-state index < -0.39 is 11.0 Å². The molecule has 0 aromatic heterocycles. The average Bonchev–Trinajstić information content (AvgIpc) is 2.54. The molecule has 0 aliphatic carbocycles. The van der Waals surface area contributed by atoms with Crippen molar-refractivity contribution in [3.05, 3.63) is 76.8 Å². The number of aryl methyl sites for hydroxylation is 1. The summed E-state index contributed by atoms with van der Waals surface area (Å²) < 4.78 is 5.81. The van der Waals surface area contributed by atoms with Crippen LogP contribution in [-0.2, 0) is 9.67 Å². The van der Waals surface area contributed by atoms with Crippen LogP contribution >= 0.6 is 23.4 Å². The van der Waals surface area contributed by atoms with Gasteiger partial charge in [-0.3, -0.25) is 5.32 Å². The number of anilines is 1. The van der Waals surface area contributed by atoms with E-state index in [2.05, 4.69) is 11.9 Å². The zero-order valence-corrected chi connectivity index (χ0v) is 14.2. The maximum atomic E-state index is 12.1. The number of carbonyl (C=O) groups is 1. The molecule has 0 bridgehead atoms. The third kappa shape index (κ3) is 2.96. The van der Waals surface area contributed by atoms with E-state index in [9.17, 15) is 4.79 Å². The molecule has 0 saturated carbocycles. The number of nitrogens with one attached hydrogen (secondary N) is 1. The summed E-state index contributed by atoms with van der Waals surface area (Å²) in [5.41, 5.74) is 3.65. The van der Waals surface area contributed by atoms with Gasteiger partial charge in [-0.25, -0.2) is 4.79 Å². The van der Waals surface area contributed by atoms with Gasteiger partial charge in [-0.1, -0.05) is 41.4 Å². The molecule has 1 aliphatic rings. The molecule has 5 heteroatoms. The van der Waals surface area contributed by atoms with Crippen molar-refractivity contribution < 1.29 is 9.53 Å². The maximum absolute atomic E-state index is 12.1. The van der Waals surface area contributed by atoms with Crippen molar-refractivity contribution in [3.63, 3.8) is 0 Å². The van der Waals surface area contributed by atoms with Gasteiger partial charge in [-0.15, -0.1) is 18.3 Å². The molecule has 1 aliphatic heterocycles. The predicted octanol–water partition coefficient (Wildman–Crippen LogP) is 5.33. The summed E-state index contributed by atoms with van der Waals surface area (Å²) in [6.45, 7) is 5.79. The minimum absolute atomic E-state index is 0.465. The van der Waals surface area contributed by atoms with Crippen LogP contribution in [0.5, 0.6) is 0 Å². The van der Waals surface area contributed by atoms with Crippen LogP contribution in [0, 0.1) is 6.92 Å². The zero-order valence-electron chi connectivity index (χ0n) is 12.6. The summed E-state index contributed by atoms with van der Waals surface area (Å²) in [7, 11) is 0. The molecular formula is C18H16ClNO2S. The fraction of sp³-hybridized carbons (Fsp3) is 0.167. The van der Waals surface area contributed by atoms with Gasteiger partial charge in [0.15, 0.2) is 0 Å². The normalized spacial score (nSPS) is 19.5. The van der Waals surface area contributed by atoms with Gasteiger partial charge in [-0.2, -0.15) is 0 Å². The van der Waals surface area contributed by atoms with Crippen molar-refractivity contribution in [2.24, 2.45) is 0 Å². The first-order valence-corrected chi connectivity index (χ1v) is 8.53. The van der Waals surface area contributed by atoms with Crippen LogP contribution < -0.4 is 5.32 Å². The van der Waals surface area contributed by atoms with Gasteiger partial charge in [-0.05, 0) is 31.2 Å². The summed E-state index contributed by atoms with van der Waals surface area (Å²) in [5.74, 6) is 0.642. The van der Waals surface area contributed by atoms with E-state index in [0.29, 0.717) is 10.8 Å². The molecule has 2 aromatic carbocycles. The minimum atomic E-state index is -0.914. The Bertz CT molecular complexity index is 760. The second-order valence-corrected chi connectivity index (χ2v) is 6.92. The van der Waals surface area contributed by atoms with Crippen molar-refractivity contribution in [1.82, 2.24) is 0 Å². The molecule has 0 fully saturated rings. The van der Waals surface area contributed by atoms with Crippen molar-refractivity contribution in [2.75, 3.05) is 11.1 Å². The lowest BCUT2D eigenvalue weighted by Gasteiger charge is -2.38. The Morgan fingerprint density at radius 1 is 1.30 bits per heavy atom. The molecule has 1 heterocycles. The predicted molar refractivity (Wildman–Crippen MR) is 96.2 cm³/mol. The largest absolute Gasteiger partial charge is 0.423 e. The van der Waals surface area contributed by atoms with Crippen molar-refractivity contribution in [3.8, 4) is 0 Å². The highest BCUT2D eigenvalue weighted by Crippen LogP contribution is 2.49. The van der Waals surface area contributed by atoms with E-state index in [0.717, 1.165) is 22.4 Å². The molecule has 0 spiro atoms. The third-order valence-corrected chi connectivity index (χ3v) is 5.23. The third-order valence-electron chi connectivity index (χ3n) is 3.63. The van der Waals surface area contributed by atoms with Gasteiger partial charge in [0, 0.05) is 21.9 Å². The molecule has 1 atom stereocenters. The quantitative estimate of drug-likeness (QED) is 0.761. The first-order chi connectivity index (χ1) is 11.0. The Morgan fingerprint density at radius 2 is 2.04 bits per heavy atom. The summed E-state index contributed by atoms with van der Waals surface area (Å²) in [5, 5.41) is 3.41.